The van der Waals surface area contributed by atoms with Gasteiger partial charge in [0.2, 0.25) is 0 Å². The molecule has 0 aromatic carbocycles. The van der Waals surface area contributed by atoms with E-state index in [1.807, 2.05) is 0 Å². The van der Waals surface area contributed by atoms with E-state index in [4.69, 9.17) is 0 Å². The molecule has 3 fully saturated rings. The molecule has 0 aliphatic carbocycles. The molecule has 3 rings (SSSR count). The van der Waals surface area contributed by atoms with Crippen molar-refractivity contribution in [2.75, 3.05) is 39.8 Å². The molecule has 0 aromatic rings. The second-order valence-electron chi connectivity index (χ2n) is 5.98. The monoisotopic (exact) mass is 223 g/mol. The minimum atomic E-state index is 0.556. The fourth-order valence-electron chi connectivity index (χ4n) is 4.02. The van der Waals surface area contributed by atoms with Gasteiger partial charge in [0.25, 0.3) is 0 Å². The van der Waals surface area contributed by atoms with Crippen LogP contribution in [0.5, 0.6) is 0 Å². The van der Waals surface area contributed by atoms with Crippen molar-refractivity contribution in [3.05, 3.63) is 0 Å². The molecule has 3 nitrogen and oxygen atoms in total. The molecule has 1 atom stereocenters. The average molecular weight is 223 g/mol. The van der Waals surface area contributed by atoms with E-state index in [1.165, 1.54) is 64.8 Å². The Hall–Kier alpha value is -0.120. The summed E-state index contributed by atoms with van der Waals surface area (Å²) < 4.78 is 0. The van der Waals surface area contributed by atoms with Crippen molar-refractivity contribution in [3.8, 4) is 0 Å². The molecular formula is C13H25N3. The Labute approximate surface area is 99.2 Å². The van der Waals surface area contributed by atoms with Gasteiger partial charge in [-0.3, -0.25) is 4.90 Å². The van der Waals surface area contributed by atoms with Crippen molar-refractivity contribution in [2.24, 2.45) is 0 Å². The molecule has 3 aliphatic heterocycles. The number of rotatable bonds is 1. The summed E-state index contributed by atoms with van der Waals surface area (Å²) in [6.45, 7) is 6.44. The summed E-state index contributed by atoms with van der Waals surface area (Å²) in [4.78, 5) is 5.35. The number of hydrogen-bond donors (Lipinski definition) is 1. The molecular weight excluding hydrogens is 198 g/mol. The Morgan fingerprint density at radius 1 is 1.12 bits per heavy atom. The van der Waals surface area contributed by atoms with Crippen molar-refractivity contribution in [3.63, 3.8) is 0 Å². The molecule has 0 radical (unpaired) electrons. The SMILES string of the molecule is CN1CCC(N2CCCC23CCNC3)CC1. The van der Waals surface area contributed by atoms with Crippen LogP contribution in [0.4, 0.5) is 0 Å². The smallest absolute Gasteiger partial charge is 0.0349 e. The second-order valence-corrected chi connectivity index (χ2v) is 5.98. The first kappa shape index (κ1) is 11.0. The molecule has 3 heterocycles. The van der Waals surface area contributed by atoms with Crippen molar-refractivity contribution in [1.82, 2.24) is 15.1 Å². The summed E-state index contributed by atoms with van der Waals surface area (Å²) in [5.74, 6) is 0. The first-order chi connectivity index (χ1) is 7.80. The topological polar surface area (TPSA) is 18.5 Å². The van der Waals surface area contributed by atoms with Gasteiger partial charge in [0.15, 0.2) is 0 Å². The van der Waals surface area contributed by atoms with Crippen LogP contribution in [0.15, 0.2) is 0 Å². The van der Waals surface area contributed by atoms with Gasteiger partial charge >= 0.3 is 0 Å². The summed E-state index contributed by atoms with van der Waals surface area (Å²) in [5, 5.41) is 3.58. The van der Waals surface area contributed by atoms with Crippen LogP contribution in [-0.2, 0) is 0 Å². The first-order valence-electron chi connectivity index (χ1n) is 6.96. The Balaban J connectivity index is 1.69. The summed E-state index contributed by atoms with van der Waals surface area (Å²) in [5.41, 5.74) is 0.556. The van der Waals surface area contributed by atoms with E-state index in [-0.39, 0.29) is 0 Å². The van der Waals surface area contributed by atoms with Crippen LogP contribution in [0.1, 0.15) is 32.1 Å². The number of nitrogens with zero attached hydrogens (tertiary/aromatic N) is 2. The number of hydrogen-bond acceptors (Lipinski definition) is 3. The van der Waals surface area contributed by atoms with Crippen LogP contribution in [-0.4, -0.2) is 61.2 Å². The van der Waals surface area contributed by atoms with Gasteiger partial charge in [0.05, 0.1) is 0 Å². The molecule has 3 aliphatic rings. The molecule has 1 N–H and O–H groups in total. The summed E-state index contributed by atoms with van der Waals surface area (Å²) >= 11 is 0. The number of likely N-dealkylation sites (tertiary alicyclic amines) is 2. The molecule has 0 bridgehead atoms. The van der Waals surface area contributed by atoms with Crippen LogP contribution in [0.2, 0.25) is 0 Å². The fourth-order valence-corrected chi connectivity index (χ4v) is 4.02. The van der Waals surface area contributed by atoms with Gasteiger partial charge in [0.1, 0.15) is 0 Å². The third-order valence-electron chi connectivity index (χ3n) is 5.00. The Kier molecular flexibility index (Phi) is 2.94. The Morgan fingerprint density at radius 2 is 1.94 bits per heavy atom. The summed E-state index contributed by atoms with van der Waals surface area (Å²) in [6.07, 6.45) is 7.02. The minimum Gasteiger partial charge on any atom is -0.315 e. The zero-order chi connectivity index (χ0) is 11.0. The van der Waals surface area contributed by atoms with E-state index in [0.717, 1.165) is 6.04 Å². The molecule has 0 saturated carbocycles. The van der Waals surface area contributed by atoms with Gasteiger partial charge in [-0.2, -0.15) is 0 Å². The molecule has 1 spiro atoms. The summed E-state index contributed by atoms with van der Waals surface area (Å²) in [7, 11) is 2.26. The highest BCUT2D eigenvalue weighted by Crippen LogP contribution is 2.38. The maximum atomic E-state index is 3.58. The summed E-state index contributed by atoms with van der Waals surface area (Å²) in [6, 6.07) is 0.874. The van der Waals surface area contributed by atoms with Gasteiger partial charge in [-0.1, -0.05) is 0 Å². The average Bonchev–Trinajstić information content (AvgIpc) is 2.91. The second kappa shape index (κ2) is 4.28. The molecule has 0 amide bonds. The highest BCUT2D eigenvalue weighted by atomic mass is 15.3. The Morgan fingerprint density at radius 3 is 2.62 bits per heavy atom. The van der Waals surface area contributed by atoms with Crippen LogP contribution in [0, 0.1) is 0 Å². The third-order valence-corrected chi connectivity index (χ3v) is 5.00. The molecule has 1 unspecified atom stereocenters. The van der Waals surface area contributed by atoms with Gasteiger partial charge < -0.3 is 10.2 Å². The number of piperidine rings is 1. The standard InChI is InChI=1S/C13H25N3/c1-15-9-3-12(4-10-15)16-8-2-5-13(16)6-7-14-11-13/h12,14H,2-11H2,1H3. The van der Waals surface area contributed by atoms with E-state index >= 15 is 0 Å². The lowest BCUT2D eigenvalue weighted by atomic mass is 9.91. The zero-order valence-electron chi connectivity index (χ0n) is 10.5. The number of nitrogens with one attached hydrogen (secondary N) is 1. The van der Waals surface area contributed by atoms with Crippen LogP contribution in [0.25, 0.3) is 0 Å². The van der Waals surface area contributed by atoms with Crippen molar-refractivity contribution < 1.29 is 0 Å². The lowest BCUT2D eigenvalue weighted by Gasteiger charge is -2.43. The van der Waals surface area contributed by atoms with Gasteiger partial charge in [-0.25, -0.2) is 0 Å². The molecule has 3 heteroatoms. The van der Waals surface area contributed by atoms with E-state index in [0.29, 0.717) is 5.54 Å². The van der Waals surface area contributed by atoms with Gasteiger partial charge in [-0.15, -0.1) is 0 Å². The maximum Gasteiger partial charge on any atom is 0.0349 e. The minimum absolute atomic E-state index is 0.556. The van der Waals surface area contributed by atoms with Crippen LogP contribution in [0.3, 0.4) is 0 Å². The van der Waals surface area contributed by atoms with Crippen molar-refractivity contribution in [1.29, 1.82) is 0 Å². The van der Waals surface area contributed by atoms with E-state index in [9.17, 15) is 0 Å². The lowest BCUT2D eigenvalue weighted by Crippen LogP contribution is -2.53. The van der Waals surface area contributed by atoms with E-state index in [1.54, 1.807) is 0 Å². The molecule has 0 aromatic heterocycles. The zero-order valence-corrected chi connectivity index (χ0v) is 10.5. The Bertz CT molecular complexity index is 234. The fraction of sp³-hybridized carbons (Fsp3) is 1.00. The van der Waals surface area contributed by atoms with E-state index in [2.05, 4.69) is 22.2 Å². The third kappa shape index (κ3) is 1.79. The molecule has 3 saturated heterocycles. The normalized spacial score (nSPS) is 38.8. The van der Waals surface area contributed by atoms with Crippen molar-refractivity contribution >= 4 is 0 Å². The maximum absolute atomic E-state index is 3.58. The quantitative estimate of drug-likeness (QED) is 0.713. The highest BCUT2D eigenvalue weighted by molar-refractivity contribution is 5.04. The van der Waals surface area contributed by atoms with Crippen molar-refractivity contribution in [2.45, 2.75) is 43.7 Å². The predicted octanol–water partition coefficient (Wildman–Crippen LogP) is 0.908. The highest BCUT2D eigenvalue weighted by Gasteiger charge is 2.45. The predicted molar refractivity (Wildman–Crippen MR) is 66.7 cm³/mol. The van der Waals surface area contributed by atoms with Crippen LogP contribution >= 0.6 is 0 Å². The largest absolute Gasteiger partial charge is 0.315 e. The van der Waals surface area contributed by atoms with E-state index < -0.39 is 0 Å². The molecule has 16 heavy (non-hydrogen) atoms. The van der Waals surface area contributed by atoms with Crippen LogP contribution < -0.4 is 5.32 Å². The van der Waals surface area contributed by atoms with Gasteiger partial charge in [-0.05, 0) is 65.3 Å². The first-order valence-corrected chi connectivity index (χ1v) is 6.96. The molecule has 92 valence electrons. The lowest BCUT2D eigenvalue weighted by molar-refractivity contribution is 0.0601. The van der Waals surface area contributed by atoms with Gasteiger partial charge in [0, 0.05) is 18.1 Å².